The van der Waals surface area contributed by atoms with E-state index >= 15 is 0 Å². The van der Waals surface area contributed by atoms with Crippen molar-refractivity contribution in [2.45, 2.75) is 17.7 Å². The molecule has 3 aromatic rings. The van der Waals surface area contributed by atoms with Gasteiger partial charge in [-0.1, -0.05) is 17.7 Å². The molecule has 11 heteroatoms. The molecule has 1 saturated heterocycles. The quantitative estimate of drug-likeness (QED) is 0.618. The average Bonchev–Trinajstić information content (AvgIpc) is 3.31. The van der Waals surface area contributed by atoms with E-state index in [1.807, 2.05) is 0 Å². The van der Waals surface area contributed by atoms with Crippen molar-refractivity contribution in [2.24, 2.45) is 5.92 Å². The van der Waals surface area contributed by atoms with Crippen molar-refractivity contribution in [3.05, 3.63) is 59.7 Å². The van der Waals surface area contributed by atoms with Gasteiger partial charge < -0.3 is 9.73 Å². The zero-order valence-corrected chi connectivity index (χ0v) is 17.7. The first-order valence-electron chi connectivity index (χ1n) is 9.47. The third-order valence-electron chi connectivity index (χ3n) is 5.09. The van der Waals surface area contributed by atoms with Crippen molar-refractivity contribution < 1.29 is 22.0 Å². The van der Waals surface area contributed by atoms with Crippen molar-refractivity contribution in [1.82, 2.24) is 14.5 Å². The van der Waals surface area contributed by atoms with Crippen molar-refractivity contribution >= 4 is 33.2 Å². The van der Waals surface area contributed by atoms with Gasteiger partial charge in [0.2, 0.25) is 28.2 Å². The lowest BCUT2D eigenvalue weighted by atomic mass is 9.97. The van der Waals surface area contributed by atoms with E-state index in [0.29, 0.717) is 30.0 Å². The number of halogens is 2. The molecule has 0 aliphatic carbocycles. The Balaban J connectivity index is 1.39. The molecule has 0 atom stereocenters. The minimum Gasteiger partial charge on any atom is -0.423 e. The first-order chi connectivity index (χ1) is 14.8. The van der Waals surface area contributed by atoms with E-state index < -0.39 is 15.8 Å². The SMILES string of the molecule is O=C(Nc1cccc(-c2nnco2)c1)C1CCN(S(=O)(=O)c2ccc(F)c(Cl)c2)CC1. The van der Waals surface area contributed by atoms with Gasteiger partial charge in [-0.05, 0) is 49.2 Å². The average molecular weight is 465 g/mol. The molecule has 162 valence electrons. The molecular formula is C20H18ClFN4O4S. The standard InChI is InChI=1S/C20H18ClFN4O4S/c21-17-11-16(4-5-18(17)22)31(28,29)26-8-6-13(7-9-26)19(27)24-15-3-1-2-14(10-15)20-25-23-12-30-20/h1-5,10-13H,6-9H2,(H,24,27). The van der Waals surface area contributed by atoms with E-state index in [9.17, 15) is 17.6 Å². The Bertz CT molecular complexity index is 1200. The number of sulfonamides is 1. The van der Waals surface area contributed by atoms with Crippen LogP contribution in [0.15, 0.2) is 58.2 Å². The van der Waals surface area contributed by atoms with Crippen LogP contribution in [-0.4, -0.2) is 41.9 Å². The molecule has 8 nitrogen and oxygen atoms in total. The summed E-state index contributed by atoms with van der Waals surface area (Å²) >= 11 is 5.72. The summed E-state index contributed by atoms with van der Waals surface area (Å²) in [6, 6.07) is 10.3. The maximum Gasteiger partial charge on any atom is 0.247 e. The van der Waals surface area contributed by atoms with E-state index in [0.717, 1.165) is 12.1 Å². The highest BCUT2D eigenvalue weighted by Crippen LogP contribution is 2.27. The summed E-state index contributed by atoms with van der Waals surface area (Å²) in [5.74, 6) is -0.866. The summed E-state index contributed by atoms with van der Waals surface area (Å²) < 4.78 is 45.4. The lowest BCUT2D eigenvalue weighted by molar-refractivity contribution is -0.120. The van der Waals surface area contributed by atoms with Crippen molar-refractivity contribution in [3.63, 3.8) is 0 Å². The number of anilines is 1. The summed E-state index contributed by atoms with van der Waals surface area (Å²) in [7, 11) is -3.81. The molecule has 1 N–H and O–H groups in total. The largest absolute Gasteiger partial charge is 0.423 e. The Labute approximate surface area is 183 Å². The number of hydrogen-bond acceptors (Lipinski definition) is 6. The molecule has 1 fully saturated rings. The van der Waals surface area contributed by atoms with Gasteiger partial charge in [0.25, 0.3) is 0 Å². The predicted molar refractivity (Wildman–Crippen MR) is 111 cm³/mol. The number of hydrogen-bond donors (Lipinski definition) is 1. The summed E-state index contributed by atoms with van der Waals surface area (Å²) in [6.45, 7) is 0.356. The molecule has 4 rings (SSSR count). The number of aromatic nitrogens is 2. The fourth-order valence-corrected chi connectivity index (χ4v) is 5.16. The van der Waals surface area contributed by atoms with Crippen molar-refractivity contribution in [3.8, 4) is 11.5 Å². The lowest BCUT2D eigenvalue weighted by Crippen LogP contribution is -2.41. The molecule has 1 aliphatic rings. The molecule has 0 bridgehead atoms. The molecule has 1 aromatic heterocycles. The van der Waals surface area contributed by atoms with Crippen LogP contribution in [0.2, 0.25) is 5.02 Å². The smallest absolute Gasteiger partial charge is 0.247 e. The Morgan fingerprint density at radius 2 is 1.97 bits per heavy atom. The van der Waals surface area contributed by atoms with E-state index in [1.165, 1.54) is 16.8 Å². The van der Waals surface area contributed by atoms with Gasteiger partial charge in [-0.25, -0.2) is 12.8 Å². The number of rotatable bonds is 5. The maximum atomic E-state index is 13.4. The van der Waals surface area contributed by atoms with Gasteiger partial charge in [-0.15, -0.1) is 10.2 Å². The third kappa shape index (κ3) is 4.60. The predicted octanol–water partition coefficient (Wildman–Crippen LogP) is 3.57. The van der Waals surface area contributed by atoms with E-state index in [4.69, 9.17) is 16.0 Å². The fourth-order valence-electron chi connectivity index (χ4n) is 3.42. The van der Waals surface area contributed by atoms with Crippen LogP contribution in [0.1, 0.15) is 12.8 Å². The van der Waals surface area contributed by atoms with Gasteiger partial charge in [0, 0.05) is 30.3 Å². The van der Waals surface area contributed by atoms with Gasteiger partial charge in [0.05, 0.1) is 9.92 Å². The Hall–Kier alpha value is -2.82. The Kier molecular flexibility index (Phi) is 6.03. The minimum absolute atomic E-state index is 0.0698. The summed E-state index contributed by atoms with van der Waals surface area (Å²) in [5.41, 5.74) is 1.26. The van der Waals surface area contributed by atoms with Gasteiger partial charge in [0.15, 0.2) is 0 Å². The molecule has 1 aliphatic heterocycles. The molecule has 0 unspecified atom stereocenters. The Morgan fingerprint density at radius 1 is 1.19 bits per heavy atom. The molecule has 1 amide bonds. The summed E-state index contributed by atoms with van der Waals surface area (Å²) in [4.78, 5) is 12.6. The van der Waals surface area contributed by atoms with Crippen LogP contribution in [0.5, 0.6) is 0 Å². The number of nitrogens with one attached hydrogen (secondary N) is 1. The highest BCUT2D eigenvalue weighted by molar-refractivity contribution is 7.89. The van der Waals surface area contributed by atoms with Crippen LogP contribution < -0.4 is 5.32 Å². The summed E-state index contributed by atoms with van der Waals surface area (Å²) in [6.07, 6.45) is 1.95. The number of carbonyl (C=O) groups is 1. The number of nitrogens with zero attached hydrogens (tertiary/aromatic N) is 3. The van der Waals surface area contributed by atoms with E-state index in [2.05, 4.69) is 15.5 Å². The van der Waals surface area contributed by atoms with Crippen LogP contribution in [0, 0.1) is 11.7 Å². The topological polar surface area (TPSA) is 105 Å². The summed E-state index contributed by atoms with van der Waals surface area (Å²) in [5, 5.41) is 10.1. The zero-order valence-electron chi connectivity index (χ0n) is 16.2. The maximum absolute atomic E-state index is 13.4. The van der Waals surface area contributed by atoms with Gasteiger partial charge >= 0.3 is 0 Å². The second kappa shape index (κ2) is 8.74. The number of carbonyl (C=O) groups excluding carboxylic acids is 1. The fraction of sp³-hybridized carbons (Fsp3) is 0.250. The Morgan fingerprint density at radius 3 is 2.65 bits per heavy atom. The second-order valence-electron chi connectivity index (χ2n) is 7.07. The second-order valence-corrected chi connectivity index (χ2v) is 9.41. The monoisotopic (exact) mass is 464 g/mol. The number of piperidine rings is 1. The van der Waals surface area contributed by atoms with Gasteiger partial charge in [-0.2, -0.15) is 4.31 Å². The van der Waals surface area contributed by atoms with Crippen LogP contribution >= 0.6 is 11.6 Å². The third-order valence-corrected chi connectivity index (χ3v) is 7.27. The molecule has 0 saturated carbocycles. The lowest BCUT2D eigenvalue weighted by Gasteiger charge is -2.30. The number of benzene rings is 2. The highest BCUT2D eigenvalue weighted by Gasteiger charge is 2.32. The van der Waals surface area contributed by atoms with Crippen LogP contribution in [-0.2, 0) is 14.8 Å². The first-order valence-corrected chi connectivity index (χ1v) is 11.3. The van der Waals surface area contributed by atoms with E-state index in [1.54, 1.807) is 24.3 Å². The van der Waals surface area contributed by atoms with E-state index in [-0.39, 0.29) is 34.8 Å². The van der Waals surface area contributed by atoms with Gasteiger partial charge in [-0.3, -0.25) is 4.79 Å². The molecular weight excluding hydrogens is 447 g/mol. The van der Waals surface area contributed by atoms with Crippen LogP contribution in [0.3, 0.4) is 0 Å². The molecule has 2 heterocycles. The molecule has 0 spiro atoms. The van der Waals surface area contributed by atoms with Crippen LogP contribution in [0.4, 0.5) is 10.1 Å². The minimum atomic E-state index is -3.81. The number of amides is 1. The van der Waals surface area contributed by atoms with Crippen molar-refractivity contribution in [2.75, 3.05) is 18.4 Å². The molecule has 2 aromatic carbocycles. The van der Waals surface area contributed by atoms with Gasteiger partial charge in [0.1, 0.15) is 5.82 Å². The van der Waals surface area contributed by atoms with Crippen LogP contribution in [0.25, 0.3) is 11.5 Å². The first kappa shape index (κ1) is 21.4. The molecule has 0 radical (unpaired) electrons. The molecule has 31 heavy (non-hydrogen) atoms. The zero-order chi connectivity index (χ0) is 22.0. The highest BCUT2D eigenvalue weighted by atomic mass is 35.5. The normalized spacial score (nSPS) is 15.7. The van der Waals surface area contributed by atoms with Crippen molar-refractivity contribution in [1.29, 1.82) is 0 Å².